The van der Waals surface area contributed by atoms with E-state index in [0.717, 1.165) is 16.9 Å². The Bertz CT molecular complexity index is 556. The lowest BCUT2D eigenvalue weighted by Crippen LogP contribution is -2.11. The van der Waals surface area contributed by atoms with Gasteiger partial charge in [-0.3, -0.25) is 5.41 Å². The maximum absolute atomic E-state index is 7.28. The van der Waals surface area contributed by atoms with E-state index >= 15 is 0 Å². The number of nitrogens with zero attached hydrogens (tertiary/aromatic N) is 1. The fourth-order valence-corrected chi connectivity index (χ4v) is 1.71. The third-order valence-electron chi connectivity index (χ3n) is 2.46. The molecule has 0 spiro atoms. The molecule has 0 fully saturated rings. The Morgan fingerprint density at radius 3 is 2.33 bits per heavy atom. The van der Waals surface area contributed by atoms with Crippen LogP contribution in [0.15, 0.2) is 36.5 Å². The second-order valence-corrected chi connectivity index (χ2v) is 4.22. The first-order valence-corrected chi connectivity index (χ1v) is 5.61. The molecule has 0 radical (unpaired) electrons. The normalized spacial score (nSPS) is 10.1. The Morgan fingerprint density at radius 1 is 1.17 bits per heavy atom. The molecule has 0 saturated heterocycles. The summed E-state index contributed by atoms with van der Waals surface area (Å²) >= 11 is 0. The van der Waals surface area contributed by atoms with E-state index < -0.39 is 0 Å². The van der Waals surface area contributed by atoms with Crippen LogP contribution in [0.1, 0.15) is 16.7 Å². The van der Waals surface area contributed by atoms with Crippen molar-refractivity contribution >= 4 is 5.84 Å². The minimum absolute atomic E-state index is 0.000417. The molecule has 3 N–H and O–H groups in total. The number of rotatable bonds is 3. The fraction of sp³-hybridized carbons (Fsp3) is 0.143. The first-order valence-electron chi connectivity index (χ1n) is 5.61. The van der Waals surface area contributed by atoms with Gasteiger partial charge in [0.2, 0.25) is 5.88 Å². The van der Waals surface area contributed by atoms with Crippen LogP contribution in [0, 0.1) is 19.3 Å². The number of amidine groups is 1. The molecule has 0 saturated carbocycles. The highest BCUT2D eigenvalue weighted by Crippen LogP contribution is 2.22. The van der Waals surface area contributed by atoms with Crippen molar-refractivity contribution in [2.24, 2.45) is 5.73 Å². The van der Waals surface area contributed by atoms with Gasteiger partial charge in [0.05, 0.1) is 0 Å². The number of hydrogen-bond acceptors (Lipinski definition) is 3. The lowest BCUT2D eigenvalue weighted by Gasteiger charge is -2.07. The summed E-state index contributed by atoms with van der Waals surface area (Å²) in [6, 6.07) is 9.40. The SMILES string of the molecule is Cc1cc(C)cc(Oc2ccc(C(=N)N)cn2)c1. The van der Waals surface area contributed by atoms with Crippen molar-refractivity contribution in [1.29, 1.82) is 5.41 Å². The standard InChI is InChI=1S/C14H15N3O/c1-9-5-10(2)7-12(6-9)18-13-4-3-11(8-17-13)14(15)16/h3-8H,1-2H3,(H3,15,16). The Hall–Kier alpha value is -2.36. The van der Waals surface area contributed by atoms with Crippen LogP contribution in [0.4, 0.5) is 0 Å². The third-order valence-corrected chi connectivity index (χ3v) is 2.46. The van der Waals surface area contributed by atoms with Crippen LogP contribution in [0.3, 0.4) is 0 Å². The quantitative estimate of drug-likeness (QED) is 0.641. The minimum atomic E-state index is 0.000417. The predicted molar refractivity (Wildman–Crippen MR) is 71.2 cm³/mol. The second-order valence-electron chi connectivity index (χ2n) is 4.22. The van der Waals surface area contributed by atoms with Crippen LogP contribution in [0.5, 0.6) is 11.6 Å². The molecule has 1 heterocycles. The van der Waals surface area contributed by atoms with Crippen LogP contribution < -0.4 is 10.5 Å². The number of nitrogen functional groups attached to an aromatic ring is 1. The number of aryl methyl sites for hydroxylation is 2. The summed E-state index contributed by atoms with van der Waals surface area (Å²) in [4.78, 5) is 4.11. The van der Waals surface area contributed by atoms with Crippen LogP contribution in [0.2, 0.25) is 0 Å². The van der Waals surface area contributed by atoms with Crippen molar-refractivity contribution in [1.82, 2.24) is 4.98 Å². The van der Waals surface area contributed by atoms with Gasteiger partial charge < -0.3 is 10.5 Å². The molecule has 4 nitrogen and oxygen atoms in total. The molecule has 1 aromatic heterocycles. The fourth-order valence-electron chi connectivity index (χ4n) is 1.71. The number of aromatic nitrogens is 1. The second kappa shape index (κ2) is 4.87. The van der Waals surface area contributed by atoms with E-state index in [-0.39, 0.29) is 5.84 Å². The number of nitrogens with one attached hydrogen (secondary N) is 1. The zero-order valence-electron chi connectivity index (χ0n) is 10.4. The molecule has 4 heteroatoms. The van der Waals surface area contributed by atoms with E-state index in [4.69, 9.17) is 15.9 Å². The summed E-state index contributed by atoms with van der Waals surface area (Å²) < 4.78 is 5.65. The molecular weight excluding hydrogens is 226 g/mol. The molecule has 0 aliphatic rings. The lowest BCUT2D eigenvalue weighted by atomic mass is 10.1. The molecule has 0 bridgehead atoms. The first kappa shape index (κ1) is 12.1. The van der Waals surface area contributed by atoms with Crippen molar-refractivity contribution in [2.45, 2.75) is 13.8 Å². The Morgan fingerprint density at radius 2 is 1.83 bits per heavy atom. The third kappa shape index (κ3) is 2.85. The lowest BCUT2D eigenvalue weighted by molar-refractivity contribution is 0.462. The van der Waals surface area contributed by atoms with Crippen LogP contribution in [-0.2, 0) is 0 Å². The molecule has 0 amide bonds. The minimum Gasteiger partial charge on any atom is -0.439 e. The highest BCUT2D eigenvalue weighted by molar-refractivity contribution is 5.94. The average molecular weight is 241 g/mol. The summed E-state index contributed by atoms with van der Waals surface area (Å²) in [6.45, 7) is 4.04. The van der Waals surface area contributed by atoms with Gasteiger partial charge in [-0.1, -0.05) is 6.07 Å². The van der Waals surface area contributed by atoms with Crippen molar-refractivity contribution < 1.29 is 4.74 Å². The summed E-state index contributed by atoms with van der Waals surface area (Å²) in [5, 5.41) is 7.28. The summed E-state index contributed by atoms with van der Waals surface area (Å²) in [5.41, 5.74) is 8.23. The number of nitrogens with two attached hydrogens (primary N) is 1. The van der Waals surface area contributed by atoms with Gasteiger partial charge in [-0.2, -0.15) is 0 Å². The summed E-state index contributed by atoms with van der Waals surface area (Å²) in [6.07, 6.45) is 1.53. The van der Waals surface area contributed by atoms with Crippen LogP contribution in [-0.4, -0.2) is 10.8 Å². The van der Waals surface area contributed by atoms with Crippen molar-refractivity contribution in [3.63, 3.8) is 0 Å². The maximum atomic E-state index is 7.28. The molecule has 0 atom stereocenters. The molecule has 1 aromatic carbocycles. The van der Waals surface area contributed by atoms with E-state index in [9.17, 15) is 0 Å². The highest BCUT2D eigenvalue weighted by atomic mass is 16.5. The molecule has 18 heavy (non-hydrogen) atoms. The van der Waals surface area contributed by atoms with E-state index in [2.05, 4.69) is 11.1 Å². The number of ether oxygens (including phenoxy) is 1. The van der Waals surface area contributed by atoms with Gasteiger partial charge in [0.15, 0.2) is 0 Å². The zero-order valence-corrected chi connectivity index (χ0v) is 10.4. The van der Waals surface area contributed by atoms with E-state index in [1.165, 1.54) is 6.20 Å². The predicted octanol–water partition coefficient (Wildman–Crippen LogP) is 2.77. The topological polar surface area (TPSA) is 72.0 Å². The first-order chi connectivity index (χ1) is 8.54. The Labute approximate surface area is 106 Å². The smallest absolute Gasteiger partial charge is 0.219 e. The molecule has 2 rings (SSSR count). The van der Waals surface area contributed by atoms with Gasteiger partial charge in [0.25, 0.3) is 0 Å². The summed E-state index contributed by atoms with van der Waals surface area (Å²) in [5.74, 6) is 1.25. The van der Waals surface area contributed by atoms with Crippen molar-refractivity contribution in [3.05, 3.63) is 53.2 Å². The van der Waals surface area contributed by atoms with Gasteiger partial charge in [0, 0.05) is 17.8 Å². The molecule has 0 aliphatic heterocycles. The zero-order chi connectivity index (χ0) is 13.1. The monoisotopic (exact) mass is 241 g/mol. The molecular formula is C14H15N3O. The van der Waals surface area contributed by atoms with Gasteiger partial charge in [-0.15, -0.1) is 0 Å². The maximum Gasteiger partial charge on any atom is 0.219 e. The summed E-state index contributed by atoms with van der Waals surface area (Å²) in [7, 11) is 0. The van der Waals surface area contributed by atoms with Crippen LogP contribution >= 0.6 is 0 Å². The van der Waals surface area contributed by atoms with E-state index in [0.29, 0.717) is 11.4 Å². The molecule has 0 aliphatic carbocycles. The number of benzene rings is 1. The van der Waals surface area contributed by atoms with Crippen molar-refractivity contribution in [3.8, 4) is 11.6 Å². The average Bonchev–Trinajstić information content (AvgIpc) is 2.28. The van der Waals surface area contributed by atoms with Gasteiger partial charge in [-0.25, -0.2) is 4.98 Å². The van der Waals surface area contributed by atoms with Gasteiger partial charge in [0.1, 0.15) is 11.6 Å². The highest BCUT2D eigenvalue weighted by Gasteiger charge is 2.02. The van der Waals surface area contributed by atoms with E-state index in [1.54, 1.807) is 12.1 Å². The van der Waals surface area contributed by atoms with Gasteiger partial charge >= 0.3 is 0 Å². The van der Waals surface area contributed by atoms with Gasteiger partial charge in [-0.05, 0) is 43.2 Å². The number of hydrogen-bond donors (Lipinski definition) is 2. The molecule has 2 aromatic rings. The van der Waals surface area contributed by atoms with Crippen molar-refractivity contribution in [2.75, 3.05) is 0 Å². The van der Waals surface area contributed by atoms with E-state index in [1.807, 2.05) is 26.0 Å². The molecule has 92 valence electrons. The largest absolute Gasteiger partial charge is 0.439 e. The molecule has 0 unspecified atom stereocenters. The van der Waals surface area contributed by atoms with Crippen LogP contribution in [0.25, 0.3) is 0 Å². The Kier molecular flexibility index (Phi) is 3.28. The number of pyridine rings is 1. The Balaban J connectivity index is 2.20.